The molecule has 9 heteroatoms. The summed E-state index contributed by atoms with van der Waals surface area (Å²) in [6, 6.07) is -0.381. The van der Waals surface area contributed by atoms with E-state index in [0.29, 0.717) is 30.2 Å². The number of carbonyl (C=O) groups excluding carboxylic acids is 2. The number of carboxylic acids is 1. The molecule has 3 rings (SSSR count). The summed E-state index contributed by atoms with van der Waals surface area (Å²) in [7, 11) is 0. The summed E-state index contributed by atoms with van der Waals surface area (Å²) in [5, 5.41) is 16.2. The molecule has 9 nitrogen and oxygen atoms in total. The van der Waals surface area contributed by atoms with E-state index in [1.54, 1.807) is 18.7 Å². The lowest BCUT2D eigenvalue weighted by Crippen LogP contribution is -2.43. The van der Waals surface area contributed by atoms with Crippen molar-refractivity contribution < 1.29 is 24.0 Å². The van der Waals surface area contributed by atoms with Crippen LogP contribution in [-0.4, -0.2) is 64.1 Å². The fourth-order valence-electron chi connectivity index (χ4n) is 3.61. The molecule has 0 radical (unpaired) electrons. The number of urea groups is 1. The number of hydrogen-bond donors (Lipinski definition) is 2. The van der Waals surface area contributed by atoms with Gasteiger partial charge in [-0.2, -0.15) is 0 Å². The first-order chi connectivity index (χ1) is 11.2. The summed E-state index contributed by atoms with van der Waals surface area (Å²) >= 11 is 0. The van der Waals surface area contributed by atoms with Gasteiger partial charge in [0.25, 0.3) is 0 Å². The third-order valence-electron chi connectivity index (χ3n) is 5.03. The zero-order chi connectivity index (χ0) is 17.6. The van der Waals surface area contributed by atoms with Crippen molar-refractivity contribution in [2.24, 2.45) is 11.3 Å². The minimum absolute atomic E-state index is 0.0754. The normalized spacial score (nSPS) is 25.7. The van der Waals surface area contributed by atoms with Gasteiger partial charge in [0, 0.05) is 39.0 Å². The van der Waals surface area contributed by atoms with Crippen LogP contribution in [0, 0.1) is 25.2 Å². The van der Waals surface area contributed by atoms with E-state index in [1.807, 2.05) is 0 Å². The molecule has 2 N–H and O–H groups in total. The molecule has 2 fully saturated rings. The lowest BCUT2D eigenvalue weighted by atomic mass is 9.81. The number of carboxylic acid groups (broad SMARTS) is 1. The lowest BCUT2D eigenvalue weighted by molar-refractivity contribution is -0.149. The van der Waals surface area contributed by atoms with Crippen LogP contribution in [0.25, 0.3) is 0 Å². The maximum absolute atomic E-state index is 12.5. The van der Waals surface area contributed by atoms with E-state index in [9.17, 15) is 19.5 Å². The Bertz CT molecular complexity index is 695. The Kier molecular flexibility index (Phi) is 3.73. The Morgan fingerprint density at radius 2 is 1.88 bits per heavy atom. The van der Waals surface area contributed by atoms with Crippen LogP contribution in [0.3, 0.4) is 0 Å². The number of aromatic nitrogens is 1. The van der Waals surface area contributed by atoms with Gasteiger partial charge in [-0.1, -0.05) is 5.16 Å². The maximum Gasteiger partial charge on any atom is 0.322 e. The van der Waals surface area contributed by atoms with E-state index in [1.165, 1.54) is 11.8 Å². The van der Waals surface area contributed by atoms with E-state index in [4.69, 9.17) is 4.52 Å². The van der Waals surface area contributed by atoms with Gasteiger partial charge >= 0.3 is 12.0 Å². The molecule has 1 aromatic rings. The third kappa shape index (κ3) is 2.40. The number of anilines is 1. The number of nitrogens with one attached hydrogen (secondary N) is 1. The van der Waals surface area contributed by atoms with Crippen molar-refractivity contribution in [3.63, 3.8) is 0 Å². The van der Waals surface area contributed by atoms with Gasteiger partial charge in [-0.3, -0.25) is 9.59 Å². The number of rotatable bonds is 2. The average Bonchev–Trinajstić information content (AvgIpc) is 3.13. The van der Waals surface area contributed by atoms with Crippen molar-refractivity contribution in [3.8, 4) is 0 Å². The summed E-state index contributed by atoms with van der Waals surface area (Å²) in [5.74, 6) is -0.883. The van der Waals surface area contributed by atoms with Gasteiger partial charge in [0.05, 0.1) is 0 Å². The highest BCUT2D eigenvalue weighted by Gasteiger charge is 2.59. The van der Waals surface area contributed by atoms with Crippen molar-refractivity contribution in [2.75, 3.05) is 31.5 Å². The van der Waals surface area contributed by atoms with Crippen molar-refractivity contribution in [2.45, 2.75) is 20.8 Å². The van der Waals surface area contributed by atoms with Gasteiger partial charge in [-0.25, -0.2) is 4.79 Å². The Labute approximate surface area is 138 Å². The number of fused-ring (bicyclic) bond motifs is 1. The molecule has 0 spiro atoms. The number of aryl methyl sites for hydroxylation is 2. The van der Waals surface area contributed by atoms with Crippen LogP contribution < -0.4 is 5.32 Å². The monoisotopic (exact) mass is 336 g/mol. The van der Waals surface area contributed by atoms with Crippen molar-refractivity contribution in [1.29, 1.82) is 0 Å². The number of carbonyl (C=O) groups is 3. The van der Waals surface area contributed by atoms with Crippen molar-refractivity contribution in [1.82, 2.24) is 15.0 Å². The number of likely N-dealkylation sites (tertiary alicyclic amines) is 2. The molecule has 2 atom stereocenters. The average molecular weight is 336 g/mol. The van der Waals surface area contributed by atoms with E-state index >= 15 is 0 Å². The molecule has 2 aliphatic heterocycles. The Morgan fingerprint density at radius 3 is 2.38 bits per heavy atom. The van der Waals surface area contributed by atoms with Gasteiger partial charge in [0.2, 0.25) is 5.91 Å². The highest BCUT2D eigenvalue weighted by atomic mass is 16.5. The highest BCUT2D eigenvalue weighted by Crippen LogP contribution is 2.43. The summed E-state index contributed by atoms with van der Waals surface area (Å²) in [6.07, 6.45) is 0. The van der Waals surface area contributed by atoms with Gasteiger partial charge in [-0.15, -0.1) is 0 Å². The maximum atomic E-state index is 12.5. The summed E-state index contributed by atoms with van der Waals surface area (Å²) in [4.78, 5) is 38.9. The van der Waals surface area contributed by atoms with Crippen molar-refractivity contribution in [3.05, 3.63) is 11.5 Å². The first-order valence-electron chi connectivity index (χ1n) is 7.72. The van der Waals surface area contributed by atoms with Crippen LogP contribution in [0.15, 0.2) is 4.52 Å². The van der Waals surface area contributed by atoms with Crippen LogP contribution >= 0.6 is 0 Å². The summed E-state index contributed by atoms with van der Waals surface area (Å²) in [6.45, 7) is 5.70. The Morgan fingerprint density at radius 1 is 1.25 bits per heavy atom. The Balaban J connectivity index is 1.76. The van der Waals surface area contributed by atoms with Gasteiger partial charge in [0.1, 0.15) is 16.8 Å². The SMILES string of the molecule is CC(=O)N1C[C@H]2CN(C(=O)Nc3c(C)noc3C)C[C@@]2(C(=O)O)C1. The summed E-state index contributed by atoms with van der Waals surface area (Å²) < 4.78 is 5.01. The molecule has 3 heterocycles. The van der Waals surface area contributed by atoms with E-state index in [0.717, 1.165) is 0 Å². The highest BCUT2D eigenvalue weighted by molar-refractivity contribution is 5.92. The topological polar surface area (TPSA) is 116 Å². The molecule has 0 unspecified atom stereocenters. The fraction of sp³-hybridized carbons (Fsp3) is 0.600. The molecular weight excluding hydrogens is 316 g/mol. The van der Waals surface area contributed by atoms with Gasteiger partial charge in [0.15, 0.2) is 5.76 Å². The second kappa shape index (κ2) is 5.50. The molecule has 24 heavy (non-hydrogen) atoms. The van der Waals surface area contributed by atoms with E-state index in [2.05, 4.69) is 10.5 Å². The molecular formula is C15H20N4O5. The predicted molar refractivity (Wildman–Crippen MR) is 82.4 cm³/mol. The quantitative estimate of drug-likeness (QED) is 0.821. The number of hydrogen-bond acceptors (Lipinski definition) is 5. The van der Waals surface area contributed by atoms with Crippen LogP contribution in [-0.2, 0) is 9.59 Å². The molecule has 0 aliphatic carbocycles. The predicted octanol–water partition coefficient (Wildman–Crippen LogP) is 0.688. The molecule has 1 aromatic heterocycles. The first-order valence-corrected chi connectivity index (χ1v) is 7.72. The van der Waals surface area contributed by atoms with E-state index < -0.39 is 11.4 Å². The minimum Gasteiger partial charge on any atom is -0.481 e. The smallest absolute Gasteiger partial charge is 0.322 e. The van der Waals surface area contributed by atoms with Crippen molar-refractivity contribution >= 4 is 23.6 Å². The van der Waals surface area contributed by atoms with Gasteiger partial charge in [-0.05, 0) is 13.8 Å². The second-order valence-corrected chi connectivity index (χ2v) is 6.57. The molecule has 2 aliphatic rings. The molecule has 0 saturated carbocycles. The summed E-state index contributed by atoms with van der Waals surface area (Å²) in [5.41, 5.74) is -0.0235. The molecule has 130 valence electrons. The molecule has 2 saturated heterocycles. The zero-order valence-corrected chi connectivity index (χ0v) is 13.8. The Hall–Kier alpha value is -2.58. The third-order valence-corrected chi connectivity index (χ3v) is 5.03. The number of nitrogens with zero attached hydrogens (tertiary/aromatic N) is 3. The largest absolute Gasteiger partial charge is 0.481 e. The van der Waals surface area contributed by atoms with Crippen LogP contribution in [0.4, 0.5) is 10.5 Å². The zero-order valence-electron chi connectivity index (χ0n) is 13.8. The second-order valence-electron chi connectivity index (χ2n) is 6.57. The molecule has 3 amide bonds. The number of amides is 3. The van der Waals surface area contributed by atoms with E-state index in [-0.39, 0.29) is 30.9 Å². The van der Waals surface area contributed by atoms with Crippen LogP contribution in [0.5, 0.6) is 0 Å². The van der Waals surface area contributed by atoms with Gasteiger partial charge < -0.3 is 24.7 Å². The molecule has 0 bridgehead atoms. The lowest BCUT2D eigenvalue weighted by Gasteiger charge is -2.25. The van der Waals surface area contributed by atoms with Crippen LogP contribution in [0.1, 0.15) is 18.4 Å². The number of aliphatic carboxylic acids is 1. The fourth-order valence-corrected chi connectivity index (χ4v) is 3.61. The first kappa shape index (κ1) is 16.3. The van der Waals surface area contributed by atoms with Crippen LogP contribution in [0.2, 0.25) is 0 Å². The minimum atomic E-state index is -1.10. The molecule has 0 aromatic carbocycles. The standard InChI is InChI=1S/C15H20N4O5/c1-8-12(9(2)24-17-8)16-14(23)19-5-11-4-18(10(3)20)6-15(11,7-19)13(21)22/h11H,4-7H2,1-3H3,(H,16,23)(H,21,22)/t11-,15-/m0/s1.